The van der Waals surface area contributed by atoms with Gasteiger partial charge >= 0.3 is 0 Å². The third-order valence-electron chi connectivity index (χ3n) is 2.91. The number of rotatable bonds is 7. The number of nitrogens with zero attached hydrogens (tertiary/aromatic N) is 1. The summed E-state index contributed by atoms with van der Waals surface area (Å²) in [6.45, 7) is 5.97. The van der Waals surface area contributed by atoms with Crippen LogP contribution in [-0.4, -0.2) is 30.5 Å². The summed E-state index contributed by atoms with van der Waals surface area (Å²) in [6, 6.07) is 6.67. The molecule has 104 valence electrons. The Labute approximate surface area is 112 Å². The standard InChI is InChI=1S/C13H19N3O3/c1-3-14-13(17)10-15(4-2)9-11-7-5-6-8-12(11)16(18)19/h5-8H,3-4,9-10H2,1-2H3,(H,14,17)/p+1. The van der Waals surface area contributed by atoms with Gasteiger partial charge < -0.3 is 10.2 Å². The molecule has 0 spiro atoms. The van der Waals surface area contributed by atoms with Gasteiger partial charge in [0.15, 0.2) is 6.54 Å². The predicted molar refractivity (Wildman–Crippen MR) is 71.9 cm³/mol. The van der Waals surface area contributed by atoms with E-state index in [-0.39, 0.29) is 16.5 Å². The number of nitrogens with one attached hydrogen (secondary N) is 2. The fourth-order valence-corrected chi connectivity index (χ4v) is 1.91. The summed E-state index contributed by atoms with van der Waals surface area (Å²) < 4.78 is 0. The zero-order valence-corrected chi connectivity index (χ0v) is 11.3. The van der Waals surface area contributed by atoms with Gasteiger partial charge in [-0.25, -0.2) is 0 Å². The number of nitro benzene ring substituents is 1. The summed E-state index contributed by atoms with van der Waals surface area (Å²) in [5, 5.41) is 13.7. The molecule has 2 N–H and O–H groups in total. The van der Waals surface area contributed by atoms with Gasteiger partial charge in [-0.2, -0.15) is 0 Å². The first-order valence-electron chi connectivity index (χ1n) is 6.41. The smallest absolute Gasteiger partial charge is 0.278 e. The van der Waals surface area contributed by atoms with Crippen molar-refractivity contribution in [1.29, 1.82) is 0 Å². The highest BCUT2D eigenvalue weighted by molar-refractivity contribution is 5.76. The Morgan fingerprint density at radius 2 is 2.05 bits per heavy atom. The van der Waals surface area contributed by atoms with Crippen LogP contribution in [-0.2, 0) is 11.3 Å². The van der Waals surface area contributed by atoms with Crippen LogP contribution in [0.25, 0.3) is 0 Å². The Morgan fingerprint density at radius 1 is 1.37 bits per heavy atom. The van der Waals surface area contributed by atoms with Crippen LogP contribution in [0.1, 0.15) is 19.4 Å². The number of carbonyl (C=O) groups is 1. The Balaban J connectivity index is 2.75. The number of quaternary nitrogens is 1. The Kier molecular flexibility index (Phi) is 5.95. The van der Waals surface area contributed by atoms with Crippen molar-refractivity contribution < 1.29 is 14.6 Å². The number of nitro groups is 1. The van der Waals surface area contributed by atoms with Crippen molar-refractivity contribution in [3.63, 3.8) is 0 Å². The highest BCUT2D eigenvalue weighted by atomic mass is 16.6. The van der Waals surface area contributed by atoms with Gasteiger partial charge in [-0.3, -0.25) is 14.9 Å². The summed E-state index contributed by atoms with van der Waals surface area (Å²) in [5.74, 6) is -0.0297. The number of likely N-dealkylation sites (N-methyl/N-ethyl adjacent to an activating group) is 2. The molecule has 1 unspecified atom stereocenters. The summed E-state index contributed by atoms with van der Waals surface area (Å²) in [6.07, 6.45) is 0. The highest BCUT2D eigenvalue weighted by Crippen LogP contribution is 2.16. The molecule has 0 saturated heterocycles. The van der Waals surface area contributed by atoms with Crippen LogP contribution in [0.15, 0.2) is 24.3 Å². The molecule has 0 aliphatic carbocycles. The molecule has 19 heavy (non-hydrogen) atoms. The second kappa shape index (κ2) is 7.48. The molecule has 0 radical (unpaired) electrons. The third-order valence-corrected chi connectivity index (χ3v) is 2.91. The molecule has 0 aliphatic heterocycles. The zero-order valence-electron chi connectivity index (χ0n) is 11.3. The molecule has 1 rings (SSSR count). The van der Waals surface area contributed by atoms with Gasteiger partial charge in [-0.1, -0.05) is 12.1 Å². The van der Waals surface area contributed by atoms with E-state index < -0.39 is 0 Å². The fourth-order valence-electron chi connectivity index (χ4n) is 1.91. The second-order valence-electron chi connectivity index (χ2n) is 4.30. The van der Waals surface area contributed by atoms with E-state index in [4.69, 9.17) is 0 Å². The molecule has 6 heteroatoms. The maximum Gasteiger partial charge on any atom is 0.278 e. The molecule has 1 amide bonds. The van der Waals surface area contributed by atoms with Gasteiger partial charge in [0.25, 0.3) is 11.6 Å². The topological polar surface area (TPSA) is 76.7 Å². The van der Waals surface area contributed by atoms with Crippen LogP contribution in [0.3, 0.4) is 0 Å². The molecule has 0 bridgehead atoms. The fraction of sp³-hybridized carbons (Fsp3) is 0.462. The minimum Gasteiger partial charge on any atom is -0.351 e. The second-order valence-corrected chi connectivity index (χ2v) is 4.30. The number of amides is 1. The minimum atomic E-state index is -0.380. The van der Waals surface area contributed by atoms with E-state index in [2.05, 4.69) is 5.32 Å². The van der Waals surface area contributed by atoms with Crippen molar-refractivity contribution in [2.45, 2.75) is 20.4 Å². The molecule has 1 atom stereocenters. The number of benzene rings is 1. The highest BCUT2D eigenvalue weighted by Gasteiger charge is 2.19. The van der Waals surface area contributed by atoms with E-state index in [1.54, 1.807) is 18.2 Å². The number of carbonyl (C=O) groups excluding carboxylic acids is 1. The normalized spacial score (nSPS) is 11.9. The van der Waals surface area contributed by atoms with Crippen molar-refractivity contribution >= 4 is 11.6 Å². The summed E-state index contributed by atoms with van der Waals surface area (Å²) in [5.41, 5.74) is 0.776. The molecule has 0 saturated carbocycles. The van der Waals surface area contributed by atoms with E-state index in [1.807, 2.05) is 13.8 Å². The zero-order chi connectivity index (χ0) is 14.3. The Hall–Kier alpha value is -1.95. The molecule has 6 nitrogen and oxygen atoms in total. The van der Waals surface area contributed by atoms with Crippen LogP contribution in [0.2, 0.25) is 0 Å². The number of hydrogen-bond donors (Lipinski definition) is 2. The maximum atomic E-state index is 11.6. The minimum absolute atomic E-state index is 0.0297. The van der Waals surface area contributed by atoms with Crippen LogP contribution in [0.5, 0.6) is 0 Å². The van der Waals surface area contributed by atoms with Gasteiger partial charge in [-0.15, -0.1) is 0 Å². The van der Waals surface area contributed by atoms with E-state index >= 15 is 0 Å². The lowest BCUT2D eigenvalue weighted by atomic mass is 10.1. The first-order valence-corrected chi connectivity index (χ1v) is 6.41. The summed E-state index contributed by atoms with van der Waals surface area (Å²) in [4.78, 5) is 23.1. The van der Waals surface area contributed by atoms with Crippen LogP contribution >= 0.6 is 0 Å². The van der Waals surface area contributed by atoms with Gasteiger partial charge in [0.05, 0.1) is 17.0 Å². The lowest BCUT2D eigenvalue weighted by Gasteiger charge is -2.17. The van der Waals surface area contributed by atoms with Crippen molar-refractivity contribution in [2.24, 2.45) is 0 Å². The molecule has 0 fully saturated rings. The molecule has 1 aromatic rings. The van der Waals surface area contributed by atoms with E-state index in [0.717, 1.165) is 11.4 Å². The lowest BCUT2D eigenvalue weighted by Crippen LogP contribution is -3.11. The number of para-hydroxylation sites is 1. The van der Waals surface area contributed by atoms with Crippen molar-refractivity contribution in [3.05, 3.63) is 39.9 Å². The molecule has 1 aromatic carbocycles. The lowest BCUT2D eigenvalue weighted by molar-refractivity contribution is -0.904. The van der Waals surface area contributed by atoms with Gasteiger partial charge in [0.1, 0.15) is 6.54 Å². The van der Waals surface area contributed by atoms with E-state index in [0.29, 0.717) is 25.2 Å². The Bertz CT molecular complexity index is 449. The van der Waals surface area contributed by atoms with Crippen molar-refractivity contribution in [3.8, 4) is 0 Å². The molecule has 0 aliphatic rings. The van der Waals surface area contributed by atoms with E-state index in [1.165, 1.54) is 6.07 Å². The first kappa shape index (κ1) is 15.1. The quantitative estimate of drug-likeness (QED) is 0.544. The van der Waals surface area contributed by atoms with Crippen molar-refractivity contribution in [1.82, 2.24) is 5.32 Å². The van der Waals surface area contributed by atoms with Crippen molar-refractivity contribution in [2.75, 3.05) is 19.6 Å². The average Bonchev–Trinajstić information content (AvgIpc) is 2.38. The Morgan fingerprint density at radius 3 is 2.63 bits per heavy atom. The maximum absolute atomic E-state index is 11.6. The average molecular weight is 266 g/mol. The predicted octanol–water partition coefficient (Wildman–Crippen LogP) is 0.136. The molecular weight excluding hydrogens is 246 g/mol. The van der Waals surface area contributed by atoms with Crippen LogP contribution < -0.4 is 10.2 Å². The first-order chi connectivity index (χ1) is 9.08. The summed E-state index contributed by atoms with van der Waals surface area (Å²) >= 11 is 0. The molecule has 0 heterocycles. The monoisotopic (exact) mass is 266 g/mol. The summed E-state index contributed by atoms with van der Waals surface area (Å²) in [7, 11) is 0. The van der Waals surface area contributed by atoms with Crippen LogP contribution in [0.4, 0.5) is 5.69 Å². The van der Waals surface area contributed by atoms with Crippen LogP contribution in [0, 0.1) is 10.1 Å². The molecular formula is C13H20N3O3+. The number of hydrogen-bond acceptors (Lipinski definition) is 3. The third kappa shape index (κ3) is 4.67. The largest absolute Gasteiger partial charge is 0.351 e. The van der Waals surface area contributed by atoms with E-state index in [9.17, 15) is 14.9 Å². The van der Waals surface area contributed by atoms with Gasteiger partial charge in [0, 0.05) is 12.6 Å². The SMILES string of the molecule is CCNC(=O)C[NH+](CC)Cc1ccccc1[N+](=O)[O-]. The molecule has 0 aromatic heterocycles. The van der Waals surface area contributed by atoms with Gasteiger partial charge in [0.2, 0.25) is 0 Å². The van der Waals surface area contributed by atoms with Gasteiger partial charge in [-0.05, 0) is 19.9 Å².